The van der Waals surface area contributed by atoms with E-state index in [0.29, 0.717) is 0 Å². The Kier molecular flexibility index (Phi) is 7.97. The standard InChI is InChI=1S/C45H50N6/c1-9-32-20-14-16-24-36(32)51-40(49(33-21-12-11-13-22-33)42-41(51)46-29-35(47-42)30(3)4)28-45(10-2)43-48(31(5)6)38-26-18-19-27-39(38)50(43)37-25-17-15-23-34(37)44(45,7)8/h9,11-27,29-31,40,43H,1,10,28H2,2-8H3. The lowest BCUT2D eigenvalue weighted by Gasteiger charge is -2.61. The van der Waals surface area contributed by atoms with E-state index in [2.05, 4.69) is 178 Å². The summed E-state index contributed by atoms with van der Waals surface area (Å²) in [7, 11) is 0. The topological polar surface area (TPSA) is 38.7 Å². The third kappa shape index (κ3) is 4.75. The maximum Gasteiger partial charge on any atom is 0.178 e. The van der Waals surface area contributed by atoms with Gasteiger partial charge in [-0.3, -0.25) is 0 Å². The van der Waals surface area contributed by atoms with Crippen LogP contribution < -0.4 is 19.6 Å². The molecule has 1 aromatic heterocycles. The molecule has 260 valence electrons. The van der Waals surface area contributed by atoms with Crippen LogP contribution in [-0.4, -0.2) is 28.3 Å². The highest BCUT2D eigenvalue weighted by Crippen LogP contribution is 2.65. The average molecular weight is 675 g/mol. The lowest BCUT2D eigenvalue weighted by atomic mass is 9.54. The molecule has 0 saturated heterocycles. The molecule has 0 N–H and O–H groups in total. The molecule has 4 aromatic carbocycles. The van der Waals surface area contributed by atoms with Gasteiger partial charge in [-0.15, -0.1) is 0 Å². The minimum absolute atomic E-state index is 0.0785. The number of fused-ring (bicyclic) bond motifs is 6. The third-order valence-corrected chi connectivity index (χ3v) is 12.1. The SMILES string of the molecule is C=Cc1ccccc1N1c2ncc(C(C)C)nc2N(c2ccccc2)C1CC1(CC)C2N(c3ccccc3N2C(C)C)c2ccccc2C1(C)C. The van der Waals surface area contributed by atoms with Crippen molar-refractivity contribution < 1.29 is 0 Å². The van der Waals surface area contributed by atoms with E-state index in [1.165, 1.54) is 22.6 Å². The number of para-hydroxylation sites is 5. The Hall–Kier alpha value is -5.10. The number of anilines is 7. The van der Waals surface area contributed by atoms with Crippen molar-refractivity contribution in [2.45, 2.75) is 91.0 Å². The first-order valence-electron chi connectivity index (χ1n) is 18.6. The minimum Gasteiger partial charge on any atom is -0.346 e. The molecule has 0 aliphatic carbocycles. The van der Waals surface area contributed by atoms with E-state index >= 15 is 0 Å². The van der Waals surface area contributed by atoms with Crippen molar-refractivity contribution in [3.05, 3.63) is 133 Å². The van der Waals surface area contributed by atoms with Crippen molar-refractivity contribution >= 4 is 46.1 Å². The average Bonchev–Trinajstić information content (AvgIpc) is 3.66. The van der Waals surface area contributed by atoms with Gasteiger partial charge in [-0.2, -0.15) is 0 Å². The molecule has 6 heteroatoms. The van der Waals surface area contributed by atoms with E-state index in [0.717, 1.165) is 47.1 Å². The fraction of sp³-hybridized carbons (Fsp3) is 0.333. The van der Waals surface area contributed by atoms with Gasteiger partial charge in [0.25, 0.3) is 0 Å². The Balaban J connectivity index is 1.42. The summed E-state index contributed by atoms with van der Waals surface area (Å²) in [6, 6.07) is 37.9. The van der Waals surface area contributed by atoms with Gasteiger partial charge in [0.05, 0.1) is 29.0 Å². The van der Waals surface area contributed by atoms with Crippen molar-refractivity contribution in [3.63, 3.8) is 0 Å². The van der Waals surface area contributed by atoms with Crippen molar-refractivity contribution in [3.8, 4) is 0 Å². The first-order valence-corrected chi connectivity index (χ1v) is 18.6. The van der Waals surface area contributed by atoms with Crippen LogP contribution in [-0.2, 0) is 5.41 Å². The maximum absolute atomic E-state index is 5.42. The van der Waals surface area contributed by atoms with Crippen molar-refractivity contribution in [2.75, 3.05) is 19.6 Å². The molecule has 3 atom stereocenters. The highest BCUT2D eigenvalue weighted by Gasteiger charge is 2.63. The van der Waals surface area contributed by atoms with E-state index in [-0.39, 0.29) is 35.1 Å². The number of aromatic nitrogens is 2. The summed E-state index contributed by atoms with van der Waals surface area (Å²) >= 11 is 0. The molecule has 51 heavy (non-hydrogen) atoms. The molecule has 4 heterocycles. The quantitative estimate of drug-likeness (QED) is 0.163. The summed E-state index contributed by atoms with van der Waals surface area (Å²) in [5.74, 6) is 2.04. The molecular formula is C45H50N6. The minimum atomic E-state index is -0.243. The highest BCUT2D eigenvalue weighted by atomic mass is 15.5. The van der Waals surface area contributed by atoms with Crippen LogP contribution in [0.5, 0.6) is 0 Å². The molecule has 3 aliphatic rings. The summed E-state index contributed by atoms with van der Waals surface area (Å²) in [5, 5.41) is 0. The van der Waals surface area contributed by atoms with Crippen molar-refractivity contribution in [1.29, 1.82) is 0 Å². The van der Waals surface area contributed by atoms with Crippen molar-refractivity contribution in [2.24, 2.45) is 5.41 Å². The van der Waals surface area contributed by atoms with Crippen LogP contribution in [0.15, 0.2) is 116 Å². The van der Waals surface area contributed by atoms with Crippen LogP contribution >= 0.6 is 0 Å². The first-order chi connectivity index (χ1) is 24.6. The van der Waals surface area contributed by atoms with E-state index in [9.17, 15) is 0 Å². The molecule has 0 spiro atoms. The Morgan fingerprint density at radius 3 is 2.02 bits per heavy atom. The Morgan fingerprint density at radius 2 is 1.35 bits per heavy atom. The van der Waals surface area contributed by atoms with Crippen LogP contribution in [0.4, 0.5) is 40.1 Å². The third-order valence-electron chi connectivity index (χ3n) is 12.1. The molecule has 0 bridgehead atoms. The molecule has 0 saturated carbocycles. The summed E-state index contributed by atoms with van der Waals surface area (Å²) < 4.78 is 0. The van der Waals surface area contributed by atoms with Gasteiger partial charge in [0.15, 0.2) is 11.6 Å². The van der Waals surface area contributed by atoms with Crippen LogP contribution in [0, 0.1) is 5.41 Å². The molecular weight excluding hydrogens is 625 g/mol. The number of hydrogen-bond donors (Lipinski definition) is 0. The Bertz CT molecular complexity index is 2090. The Labute approximate surface area is 304 Å². The normalized spacial score (nSPS) is 21.5. The second kappa shape index (κ2) is 12.3. The number of nitrogens with zero attached hydrogens (tertiary/aromatic N) is 6. The second-order valence-corrected chi connectivity index (χ2v) is 15.5. The van der Waals surface area contributed by atoms with Crippen LogP contribution in [0.3, 0.4) is 0 Å². The largest absolute Gasteiger partial charge is 0.346 e. The zero-order chi connectivity index (χ0) is 35.7. The number of benzene rings is 4. The lowest BCUT2D eigenvalue weighted by Crippen LogP contribution is -2.66. The van der Waals surface area contributed by atoms with E-state index in [1.807, 2.05) is 12.3 Å². The molecule has 0 amide bonds. The molecule has 0 fully saturated rings. The van der Waals surface area contributed by atoms with Gasteiger partial charge in [0.1, 0.15) is 12.3 Å². The first kappa shape index (κ1) is 33.1. The van der Waals surface area contributed by atoms with Crippen molar-refractivity contribution in [1.82, 2.24) is 9.97 Å². The summed E-state index contributed by atoms with van der Waals surface area (Å²) in [6.07, 6.45) is 5.71. The molecule has 3 aliphatic heterocycles. The highest BCUT2D eigenvalue weighted by molar-refractivity contribution is 5.89. The number of rotatable bonds is 8. The van der Waals surface area contributed by atoms with Gasteiger partial charge in [0, 0.05) is 28.2 Å². The zero-order valence-electron chi connectivity index (χ0n) is 31.1. The monoisotopic (exact) mass is 674 g/mol. The van der Waals surface area contributed by atoms with Crippen LogP contribution in [0.25, 0.3) is 6.08 Å². The predicted molar refractivity (Wildman–Crippen MR) is 214 cm³/mol. The van der Waals surface area contributed by atoms with Crippen LogP contribution in [0.2, 0.25) is 0 Å². The van der Waals surface area contributed by atoms with E-state index in [4.69, 9.17) is 9.97 Å². The molecule has 0 radical (unpaired) electrons. The van der Waals surface area contributed by atoms with Gasteiger partial charge in [-0.25, -0.2) is 9.97 Å². The molecule has 5 aromatic rings. The van der Waals surface area contributed by atoms with Gasteiger partial charge >= 0.3 is 0 Å². The van der Waals surface area contributed by atoms with Gasteiger partial charge in [-0.1, -0.05) is 114 Å². The fourth-order valence-corrected chi connectivity index (χ4v) is 9.48. The molecule has 6 nitrogen and oxygen atoms in total. The summed E-state index contributed by atoms with van der Waals surface area (Å²) in [6.45, 7) is 20.8. The predicted octanol–water partition coefficient (Wildman–Crippen LogP) is 11.3. The van der Waals surface area contributed by atoms with Gasteiger partial charge in [-0.05, 0) is 80.1 Å². The number of hydrogen-bond acceptors (Lipinski definition) is 6. The van der Waals surface area contributed by atoms with E-state index < -0.39 is 0 Å². The van der Waals surface area contributed by atoms with Gasteiger partial charge < -0.3 is 19.6 Å². The molecule has 8 rings (SSSR count). The molecule has 3 unspecified atom stereocenters. The Morgan fingerprint density at radius 1 is 0.725 bits per heavy atom. The van der Waals surface area contributed by atoms with E-state index in [1.54, 1.807) is 0 Å². The van der Waals surface area contributed by atoms with Crippen LogP contribution in [0.1, 0.15) is 84.0 Å². The lowest BCUT2D eigenvalue weighted by molar-refractivity contribution is 0.0660. The second-order valence-electron chi connectivity index (χ2n) is 15.5. The zero-order valence-corrected chi connectivity index (χ0v) is 31.1. The maximum atomic E-state index is 5.42. The fourth-order valence-electron chi connectivity index (χ4n) is 9.48. The van der Waals surface area contributed by atoms with Gasteiger partial charge in [0.2, 0.25) is 0 Å². The summed E-state index contributed by atoms with van der Waals surface area (Å²) in [5.41, 5.74) is 9.11. The summed E-state index contributed by atoms with van der Waals surface area (Å²) in [4.78, 5) is 21.0. The smallest absolute Gasteiger partial charge is 0.178 e.